The number of hydrogen-bond donors (Lipinski definition) is 0. The van der Waals surface area contributed by atoms with E-state index in [-0.39, 0.29) is 0 Å². The van der Waals surface area contributed by atoms with Crippen LogP contribution in [0.4, 0.5) is 0 Å². The second-order valence-corrected chi connectivity index (χ2v) is 6.18. The quantitative estimate of drug-likeness (QED) is 0.855. The minimum Gasteiger partial charge on any atom is -0.342 e. The van der Waals surface area contributed by atoms with Crippen LogP contribution in [0.25, 0.3) is 0 Å². The topological polar surface area (TPSA) is 20.3 Å². The Hall–Kier alpha value is -0.480. The summed E-state index contributed by atoms with van der Waals surface area (Å²) in [4.78, 5) is 13.8. The first kappa shape index (κ1) is 13.0. The van der Waals surface area contributed by atoms with Crippen molar-refractivity contribution in [2.24, 2.45) is 0 Å². The third-order valence-electron chi connectivity index (χ3n) is 2.88. The molecule has 1 aliphatic heterocycles. The first-order chi connectivity index (χ1) is 8.25. The molecule has 0 aliphatic carbocycles. The van der Waals surface area contributed by atoms with E-state index in [9.17, 15) is 4.79 Å². The van der Waals surface area contributed by atoms with E-state index in [2.05, 4.69) is 40.2 Å². The zero-order chi connectivity index (χ0) is 12.1. The summed E-state index contributed by atoms with van der Waals surface area (Å²) in [6, 6.07) is 8.33. The molecule has 1 aromatic rings. The molecule has 0 unspecified atom stereocenters. The minimum atomic E-state index is 0.296. The summed E-state index contributed by atoms with van der Waals surface area (Å²) in [5.41, 5.74) is 1.29. The van der Waals surface area contributed by atoms with E-state index < -0.39 is 0 Å². The highest BCUT2D eigenvalue weighted by molar-refractivity contribution is 9.10. The standard InChI is InChI=1S/C13H16BrNOS/c14-12-4-2-11(3-5-12)6-8-15-7-1-9-17-10-13(15)16/h2-5H,1,6-10H2. The number of rotatable bonds is 3. The van der Waals surface area contributed by atoms with Crippen molar-refractivity contribution < 1.29 is 4.79 Å². The van der Waals surface area contributed by atoms with Crippen molar-refractivity contribution in [3.05, 3.63) is 34.3 Å². The van der Waals surface area contributed by atoms with Crippen LogP contribution in [-0.2, 0) is 11.2 Å². The smallest absolute Gasteiger partial charge is 0.232 e. The highest BCUT2D eigenvalue weighted by Crippen LogP contribution is 2.14. The SMILES string of the molecule is O=C1CSCCCN1CCc1ccc(Br)cc1. The van der Waals surface area contributed by atoms with Gasteiger partial charge in [0.2, 0.25) is 5.91 Å². The van der Waals surface area contributed by atoms with Crippen molar-refractivity contribution in [1.29, 1.82) is 0 Å². The van der Waals surface area contributed by atoms with Crippen molar-refractivity contribution >= 4 is 33.6 Å². The third kappa shape index (κ3) is 4.03. The summed E-state index contributed by atoms with van der Waals surface area (Å²) in [6.45, 7) is 1.77. The van der Waals surface area contributed by atoms with Gasteiger partial charge >= 0.3 is 0 Å². The molecular formula is C13H16BrNOS. The average Bonchev–Trinajstić information content (AvgIpc) is 2.54. The summed E-state index contributed by atoms with van der Waals surface area (Å²) in [7, 11) is 0. The Bertz CT molecular complexity index is 380. The van der Waals surface area contributed by atoms with E-state index in [1.165, 1.54) is 5.56 Å². The lowest BCUT2D eigenvalue weighted by Gasteiger charge is -2.20. The predicted octanol–water partition coefficient (Wildman–Crippen LogP) is 2.96. The molecule has 2 nitrogen and oxygen atoms in total. The van der Waals surface area contributed by atoms with E-state index >= 15 is 0 Å². The Morgan fingerprint density at radius 1 is 1.29 bits per heavy atom. The van der Waals surface area contributed by atoms with E-state index in [1.54, 1.807) is 11.8 Å². The van der Waals surface area contributed by atoms with Gasteiger partial charge in [0.05, 0.1) is 5.75 Å². The molecular weight excluding hydrogens is 298 g/mol. The Morgan fingerprint density at radius 2 is 2.06 bits per heavy atom. The van der Waals surface area contributed by atoms with E-state index in [1.807, 2.05) is 4.90 Å². The molecule has 1 fully saturated rings. The number of hydrogen-bond acceptors (Lipinski definition) is 2. The average molecular weight is 314 g/mol. The van der Waals surface area contributed by atoms with Crippen LogP contribution in [0.3, 0.4) is 0 Å². The van der Waals surface area contributed by atoms with Crippen LogP contribution in [0.5, 0.6) is 0 Å². The Kier molecular flexibility index (Phi) is 4.92. The maximum absolute atomic E-state index is 11.8. The van der Waals surface area contributed by atoms with Crippen molar-refractivity contribution in [3.63, 3.8) is 0 Å². The molecule has 92 valence electrons. The van der Waals surface area contributed by atoms with Crippen molar-refractivity contribution in [3.8, 4) is 0 Å². The van der Waals surface area contributed by atoms with Gasteiger partial charge < -0.3 is 4.90 Å². The first-order valence-electron chi connectivity index (χ1n) is 5.85. The van der Waals surface area contributed by atoms with Crippen LogP contribution in [0.15, 0.2) is 28.7 Å². The van der Waals surface area contributed by atoms with Crippen LogP contribution in [0.2, 0.25) is 0 Å². The molecule has 1 aromatic carbocycles. The molecule has 0 saturated carbocycles. The summed E-state index contributed by atoms with van der Waals surface area (Å²) < 4.78 is 1.10. The molecule has 0 bridgehead atoms. The number of amides is 1. The summed E-state index contributed by atoms with van der Waals surface area (Å²) in [6.07, 6.45) is 2.07. The summed E-state index contributed by atoms with van der Waals surface area (Å²) in [5, 5.41) is 0. The first-order valence-corrected chi connectivity index (χ1v) is 7.80. The van der Waals surface area contributed by atoms with Gasteiger partial charge in [0, 0.05) is 17.6 Å². The molecule has 0 aromatic heterocycles. The second kappa shape index (κ2) is 6.45. The molecule has 0 atom stereocenters. The van der Waals surface area contributed by atoms with Gasteiger partial charge in [0.25, 0.3) is 0 Å². The van der Waals surface area contributed by atoms with Gasteiger partial charge in [0.1, 0.15) is 0 Å². The fraction of sp³-hybridized carbons (Fsp3) is 0.462. The zero-order valence-corrected chi connectivity index (χ0v) is 12.1. The molecule has 0 radical (unpaired) electrons. The van der Waals surface area contributed by atoms with Gasteiger partial charge in [-0.05, 0) is 36.3 Å². The molecule has 0 N–H and O–H groups in total. The number of benzene rings is 1. The van der Waals surface area contributed by atoms with Crippen molar-refractivity contribution in [1.82, 2.24) is 4.90 Å². The number of thioether (sulfide) groups is 1. The molecule has 0 spiro atoms. The lowest BCUT2D eigenvalue weighted by molar-refractivity contribution is -0.128. The van der Waals surface area contributed by atoms with Gasteiger partial charge in [-0.1, -0.05) is 28.1 Å². The lowest BCUT2D eigenvalue weighted by Crippen LogP contribution is -2.33. The van der Waals surface area contributed by atoms with Gasteiger partial charge in [-0.3, -0.25) is 4.79 Å². The van der Waals surface area contributed by atoms with E-state index in [4.69, 9.17) is 0 Å². The van der Waals surface area contributed by atoms with Gasteiger partial charge in [-0.15, -0.1) is 0 Å². The molecule has 2 rings (SSSR count). The fourth-order valence-corrected chi connectivity index (χ4v) is 2.98. The molecule has 4 heteroatoms. The predicted molar refractivity (Wildman–Crippen MR) is 76.4 cm³/mol. The normalized spacial score (nSPS) is 17.0. The molecule has 1 amide bonds. The second-order valence-electron chi connectivity index (χ2n) is 4.16. The van der Waals surface area contributed by atoms with E-state index in [0.717, 1.165) is 36.2 Å². The number of nitrogens with zero attached hydrogens (tertiary/aromatic N) is 1. The van der Waals surface area contributed by atoms with Crippen molar-refractivity contribution in [2.75, 3.05) is 24.6 Å². The van der Waals surface area contributed by atoms with Crippen LogP contribution >= 0.6 is 27.7 Å². The number of halogens is 1. The number of carbonyl (C=O) groups is 1. The highest BCUT2D eigenvalue weighted by atomic mass is 79.9. The van der Waals surface area contributed by atoms with Crippen LogP contribution in [-0.4, -0.2) is 35.4 Å². The van der Waals surface area contributed by atoms with Crippen LogP contribution in [0.1, 0.15) is 12.0 Å². The summed E-state index contributed by atoms with van der Waals surface area (Å²) in [5.74, 6) is 2.06. The molecule has 1 aliphatic rings. The summed E-state index contributed by atoms with van der Waals surface area (Å²) >= 11 is 5.18. The van der Waals surface area contributed by atoms with Gasteiger partial charge in [-0.25, -0.2) is 0 Å². The Balaban J connectivity index is 1.88. The zero-order valence-electron chi connectivity index (χ0n) is 9.69. The third-order valence-corrected chi connectivity index (χ3v) is 4.44. The molecule has 1 heterocycles. The highest BCUT2D eigenvalue weighted by Gasteiger charge is 2.16. The molecule has 1 saturated heterocycles. The Labute approximate surface area is 115 Å². The number of carbonyl (C=O) groups excluding carboxylic acids is 1. The molecule has 17 heavy (non-hydrogen) atoms. The minimum absolute atomic E-state index is 0.296. The van der Waals surface area contributed by atoms with Crippen molar-refractivity contribution in [2.45, 2.75) is 12.8 Å². The van der Waals surface area contributed by atoms with Crippen LogP contribution in [0, 0.1) is 0 Å². The monoisotopic (exact) mass is 313 g/mol. The Morgan fingerprint density at radius 3 is 2.82 bits per heavy atom. The van der Waals surface area contributed by atoms with Crippen LogP contribution < -0.4 is 0 Å². The maximum atomic E-state index is 11.8. The maximum Gasteiger partial charge on any atom is 0.232 e. The fourth-order valence-electron chi connectivity index (χ4n) is 1.88. The van der Waals surface area contributed by atoms with E-state index in [0.29, 0.717) is 11.7 Å². The van der Waals surface area contributed by atoms with Gasteiger partial charge in [0.15, 0.2) is 0 Å². The van der Waals surface area contributed by atoms with Gasteiger partial charge in [-0.2, -0.15) is 11.8 Å². The lowest BCUT2D eigenvalue weighted by atomic mass is 10.1. The largest absolute Gasteiger partial charge is 0.342 e.